The second kappa shape index (κ2) is 18.7. The summed E-state index contributed by atoms with van der Waals surface area (Å²) in [5.74, 6) is -7.71. The van der Waals surface area contributed by atoms with E-state index in [2.05, 4.69) is 26.3 Å². The summed E-state index contributed by atoms with van der Waals surface area (Å²) >= 11 is 0. The van der Waals surface area contributed by atoms with Gasteiger partial charge in [0.05, 0.1) is 25.6 Å². The molecule has 0 aromatic rings. The summed E-state index contributed by atoms with van der Waals surface area (Å²) in [5.41, 5.74) is 15.6. The van der Waals surface area contributed by atoms with Gasteiger partial charge in [-0.15, -0.1) is 0 Å². The average Bonchev–Trinajstić information content (AvgIpc) is 2.86. The number of guanidine groups is 1. The monoisotopic (exact) mass is 575 g/mol. The van der Waals surface area contributed by atoms with Crippen molar-refractivity contribution in [2.24, 2.45) is 22.2 Å². The van der Waals surface area contributed by atoms with Crippen molar-refractivity contribution >= 4 is 47.4 Å². The highest BCUT2D eigenvalue weighted by Gasteiger charge is 2.30. The second-order valence-corrected chi connectivity index (χ2v) is 8.37. The number of rotatable bonds is 20. The number of hydrogen-bond donors (Lipinski definition) is 11. The number of likely N-dealkylation sites (N-methyl/N-ethyl adjacent to an activating group) is 1. The molecule has 19 nitrogen and oxygen atoms in total. The number of aliphatic hydroxyl groups excluding tert-OH is 1. The van der Waals surface area contributed by atoms with Crippen molar-refractivity contribution in [1.29, 1.82) is 0 Å². The quantitative estimate of drug-likeness (QED) is 0.0366. The van der Waals surface area contributed by atoms with Gasteiger partial charge >= 0.3 is 11.9 Å². The molecule has 0 unspecified atom stereocenters. The van der Waals surface area contributed by atoms with Gasteiger partial charge in [-0.3, -0.25) is 38.6 Å². The van der Waals surface area contributed by atoms with E-state index in [1.807, 2.05) is 5.32 Å². The van der Waals surface area contributed by atoms with Gasteiger partial charge in [-0.2, -0.15) is 0 Å². The van der Waals surface area contributed by atoms with Crippen LogP contribution in [0.4, 0.5) is 0 Å². The predicted molar refractivity (Wildman–Crippen MR) is 137 cm³/mol. The molecular formula is C21H37N9O10. The summed E-state index contributed by atoms with van der Waals surface area (Å²) in [5, 5.41) is 38.7. The number of carbonyl (C=O) groups excluding carboxylic acids is 5. The molecule has 19 heteroatoms. The highest BCUT2D eigenvalue weighted by atomic mass is 16.4. The van der Waals surface area contributed by atoms with Crippen LogP contribution < -0.4 is 43.8 Å². The number of carbonyl (C=O) groups is 7. The summed E-state index contributed by atoms with van der Waals surface area (Å²) in [6, 6.07) is -5.56. The maximum absolute atomic E-state index is 12.6. The minimum absolute atomic E-state index is 0.0985. The number of carboxylic acids is 2. The van der Waals surface area contributed by atoms with Gasteiger partial charge in [-0.25, -0.2) is 0 Å². The molecular weight excluding hydrogens is 538 g/mol. The van der Waals surface area contributed by atoms with E-state index < -0.39 is 91.6 Å². The fourth-order valence-electron chi connectivity index (χ4n) is 3.12. The molecule has 0 bridgehead atoms. The first-order chi connectivity index (χ1) is 18.7. The van der Waals surface area contributed by atoms with Crippen molar-refractivity contribution < 1.29 is 48.9 Å². The molecule has 0 aromatic carbocycles. The number of carboxylic acid groups (broad SMARTS) is 2. The third kappa shape index (κ3) is 15.0. The van der Waals surface area contributed by atoms with E-state index >= 15 is 0 Å². The fourth-order valence-corrected chi connectivity index (χ4v) is 3.12. The van der Waals surface area contributed by atoms with E-state index in [1.165, 1.54) is 7.05 Å². The molecule has 226 valence electrons. The number of aliphatic hydroxyl groups is 1. The van der Waals surface area contributed by atoms with Gasteiger partial charge in [-0.1, -0.05) is 0 Å². The zero-order chi connectivity index (χ0) is 30.8. The third-order valence-corrected chi connectivity index (χ3v) is 5.19. The Morgan fingerprint density at radius 1 is 0.775 bits per heavy atom. The lowest BCUT2D eigenvalue weighted by Gasteiger charge is -2.23. The first-order valence-electron chi connectivity index (χ1n) is 12.0. The molecule has 14 N–H and O–H groups in total. The SMILES string of the molecule is CN[C@@H](CCCN=C(N)N)C(=O)NCC(=O)N[C@@H](CC(=O)O)C(=O)N[C@@H](CO)C(=O)N[C@@H](CCC(=O)O)C(N)=O. The zero-order valence-corrected chi connectivity index (χ0v) is 21.8. The van der Waals surface area contributed by atoms with E-state index in [9.17, 15) is 38.7 Å². The van der Waals surface area contributed by atoms with Gasteiger partial charge < -0.3 is 59.1 Å². The van der Waals surface area contributed by atoms with Crippen LogP contribution in [0.1, 0.15) is 32.1 Å². The normalized spacial score (nSPS) is 13.4. The predicted octanol–water partition coefficient (Wildman–Crippen LogP) is -5.98. The molecule has 0 saturated carbocycles. The van der Waals surface area contributed by atoms with Gasteiger partial charge in [0, 0.05) is 13.0 Å². The Morgan fingerprint density at radius 2 is 1.38 bits per heavy atom. The number of amides is 5. The molecule has 0 aromatic heterocycles. The fraction of sp³-hybridized carbons (Fsp3) is 0.619. The maximum Gasteiger partial charge on any atom is 0.305 e. The third-order valence-electron chi connectivity index (χ3n) is 5.19. The number of aliphatic carboxylic acids is 2. The number of hydrogen-bond acceptors (Lipinski definition) is 10. The zero-order valence-electron chi connectivity index (χ0n) is 21.8. The molecule has 0 saturated heterocycles. The highest BCUT2D eigenvalue weighted by molar-refractivity contribution is 5.96. The number of nitrogens with two attached hydrogens (primary N) is 3. The Morgan fingerprint density at radius 3 is 1.88 bits per heavy atom. The van der Waals surface area contributed by atoms with Crippen LogP contribution in [0.15, 0.2) is 4.99 Å². The second-order valence-electron chi connectivity index (χ2n) is 8.37. The molecule has 0 radical (unpaired) electrons. The van der Waals surface area contributed by atoms with Crippen LogP contribution in [0.25, 0.3) is 0 Å². The Balaban J connectivity index is 5.15. The molecule has 4 atom stereocenters. The van der Waals surface area contributed by atoms with Gasteiger partial charge in [0.2, 0.25) is 29.5 Å². The lowest BCUT2D eigenvalue weighted by atomic mass is 10.1. The molecule has 40 heavy (non-hydrogen) atoms. The Bertz CT molecular complexity index is 955. The van der Waals surface area contributed by atoms with Crippen LogP contribution in [0.5, 0.6) is 0 Å². The summed E-state index contributed by atoms with van der Waals surface area (Å²) < 4.78 is 0. The minimum atomic E-state index is -1.72. The van der Waals surface area contributed by atoms with Crippen molar-refractivity contribution in [2.45, 2.75) is 56.3 Å². The van der Waals surface area contributed by atoms with Crippen molar-refractivity contribution in [1.82, 2.24) is 26.6 Å². The first-order valence-corrected chi connectivity index (χ1v) is 12.0. The molecule has 0 aliphatic heterocycles. The Hall–Kier alpha value is -4.52. The van der Waals surface area contributed by atoms with Crippen LogP contribution in [0.3, 0.4) is 0 Å². The van der Waals surface area contributed by atoms with E-state index in [0.29, 0.717) is 12.8 Å². The minimum Gasteiger partial charge on any atom is -0.481 e. The number of aliphatic imine (C=N–C) groups is 1. The van der Waals surface area contributed by atoms with Gasteiger partial charge in [0.1, 0.15) is 18.1 Å². The lowest BCUT2D eigenvalue weighted by molar-refractivity contribution is -0.141. The highest BCUT2D eigenvalue weighted by Crippen LogP contribution is 2.01. The summed E-state index contributed by atoms with van der Waals surface area (Å²) in [6.07, 6.45) is -1.03. The van der Waals surface area contributed by atoms with Crippen LogP contribution in [0.2, 0.25) is 0 Å². The summed E-state index contributed by atoms with van der Waals surface area (Å²) in [6.45, 7) is -1.35. The average molecular weight is 576 g/mol. The number of nitrogens with zero attached hydrogens (tertiary/aromatic N) is 1. The van der Waals surface area contributed by atoms with Crippen molar-refractivity contribution in [2.75, 3.05) is 26.7 Å². The van der Waals surface area contributed by atoms with Crippen molar-refractivity contribution in [3.8, 4) is 0 Å². The first kappa shape index (κ1) is 35.5. The molecule has 0 rings (SSSR count). The molecule has 0 spiro atoms. The number of nitrogens with one attached hydrogen (secondary N) is 5. The molecule has 0 aliphatic carbocycles. The van der Waals surface area contributed by atoms with Crippen LogP contribution >= 0.6 is 0 Å². The van der Waals surface area contributed by atoms with E-state index in [1.54, 1.807) is 0 Å². The van der Waals surface area contributed by atoms with Crippen LogP contribution in [-0.4, -0.2) is 114 Å². The Kier molecular flexibility index (Phi) is 16.6. The molecule has 5 amide bonds. The largest absolute Gasteiger partial charge is 0.481 e. The van der Waals surface area contributed by atoms with E-state index in [0.717, 1.165) is 0 Å². The molecule has 0 fully saturated rings. The smallest absolute Gasteiger partial charge is 0.305 e. The summed E-state index contributed by atoms with van der Waals surface area (Å²) in [7, 11) is 1.52. The topological polar surface area (TPSA) is 331 Å². The van der Waals surface area contributed by atoms with Gasteiger partial charge in [0.25, 0.3) is 0 Å². The van der Waals surface area contributed by atoms with Gasteiger partial charge in [-0.05, 0) is 26.3 Å². The summed E-state index contributed by atoms with van der Waals surface area (Å²) in [4.78, 5) is 87.0. The van der Waals surface area contributed by atoms with Crippen molar-refractivity contribution in [3.63, 3.8) is 0 Å². The van der Waals surface area contributed by atoms with E-state index in [-0.39, 0.29) is 18.9 Å². The Labute approximate surface area is 228 Å². The number of primary amides is 1. The molecule has 0 heterocycles. The standard InChI is InChI=1S/C21H37N9O10/c1-25-11(3-2-6-26-21(23)24)18(38)27-8-14(32)28-12(7-16(35)36)19(39)30-13(9-31)20(40)29-10(17(22)37)4-5-15(33)34/h10-13,25,31H,2-9H2,1H3,(H2,22,37)(H,27,38)(H,28,32)(H,29,40)(H,30,39)(H,33,34)(H,35,36)(H4,23,24,26)/t10-,11-,12-,13-/m0/s1. The van der Waals surface area contributed by atoms with Gasteiger partial charge in [0.15, 0.2) is 5.96 Å². The van der Waals surface area contributed by atoms with E-state index in [4.69, 9.17) is 27.4 Å². The van der Waals surface area contributed by atoms with Crippen molar-refractivity contribution in [3.05, 3.63) is 0 Å². The maximum atomic E-state index is 12.6. The van der Waals surface area contributed by atoms with Crippen LogP contribution in [-0.2, 0) is 33.6 Å². The van der Waals surface area contributed by atoms with Crippen LogP contribution in [0, 0.1) is 0 Å². The lowest BCUT2D eigenvalue weighted by Crippen LogP contribution is -2.58. The molecule has 0 aliphatic rings.